The molecule has 1 aliphatic rings. The third kappa shape index (κ3) is 4.24. The Balaban J connectivity index is 2.08. The zero-order valence-electron chi connectivity index (χ0n) is 13.1. The SMILES string of the molecule is CCOC(=O)P(=O)(O)OC[C@H]1O[C@@H](n2ccc(N)nc2=O)[C@H](O)[C@@H]1O. The van der Waals surface area contributed by atoms with Gasteiger partial charge in [0.15, 0.2) is 6.23 Å². The van der Waals surface area contributed by atoms with Gasteiger partial charge in [-0.05, 0) is 13.0 Å². The quantitative estimate of drug-likeness (QED) is 0.435. The highest BCUT2D eigenvalue weighted by atomic mass is 31.2. The summed E-state index contributed by atoms with van der Waals surface area (Å²) < 4.78 is 26.9. The van der Waals surface area contributed by atoms with Crippen molar-refractivity contribution < 1.29 is 38.5 Å². The predicted octanol–water partition coefficient (Wildman–Crippen LogP) is -1.20. The van der Waals surface area contributed by atoms with E-state index >= 15 is 0 Å². The van der Waals surface area contributed by atoms with Gasteiger partial charge in [0.05, 0.1) is 13.2 Å². The number of carbonyl (C=O) groups excluding carboxylic acids is 1. The number of nitrogen functional groups attached to an aromatic ring is 1. The zero-order chi connectivity index (χ0) is 18.8. The summed E-state index contributed by atoms with van der Waals surface area (Å²) in [7, 11) is -4.74. The van der Waals surface area contributed by atoms with E-state index in [1.807, 2.05) is 0 Å². The second-order valence-corrected chi connectivity index (χ2v) is 6.77. The number of rotatable bonds is 6. The van der Waals surface area contributed by atoms with E-state index in [4.69, 9.17) is 10.5 Å². The number of carbonyl (C=O) groups is 1. The molecule has 5 atom stereocenters. The van der Waals surface area contributed by atoms with Crippen LogP contribution in [0.25, 0.3) is 0 Å². The maximum atomic E-state index is 11.8. The Hall–Kier alpha value is -1.82. The largest absolute Gasteiger partial charge is 0.457 e. The molecule has 1 unspecified atom stereocenters. The van der Waals surface area contributed by atoms with Crippen molar-refractivity contribution in [2.45, 2.75) is 31.5 Å². The van der Waals surface area contributed by atoms with Gasteiger partial charge in [-0.1, -0.05) is 0 Å². The first-order chi connectivity index (χ1) is 11.7. The lowest BCUT2D eigenvalue weighted by molar-refractivity contribution is -0.0523. The lowest BCUT2D eigenvalue weighted by Crippen LogP contribution is -2.36. The van der Waals surface area contributed by atoms with Crippen molar-refractivity contribution >= 4 is 19.1 Å². The second kappa shape index (κ2) is 7.60. The van der Waals surface area contributed by atoms with Gasteiger partial charge >= 0.3 is 19.0 Å². The summed E-state index contributed by atoms with van der Waals surface area (Å²) in [4.78, 5) is 36.0. The molecule has 0 spiro atoms. The molecule has 1 aromatic rings. The number of anilines is 1. The fourth-order valence-electron chi connectivity index (χ4n) is 2.15. The van der Waals surface area contributed by atoms with E-state index in [1.54, 1.807) is 0 Å². The third-order valence-electron chi connectivity index (χ3n) is 3.38. The van der Waals surface area contributed by atoms with Gasteiger partial charge in [-0.3, -0.25) is 9.09 Å². The van der Waals surface area contributed by atoms with Crippen molar-refractivity contribution in [1.29, 1.82) is 0 Å². The minimum absolute atomic E-state index is 0.0372. The first-order valence-electron chi connectivity index (χ1n) is 7.18. The summed E-state index contributed by atoms with van der Waals surface area (Å²) >= 11 is 0. The van der Waals surface area contributed by atoms with Crippen molar-refractivity contribution in [3.8, 4) is 0 Å². The Morgan fingerprint density at radius 3 is 2.76 bits per heavy atom. The molecule has 140 valence electrons. The average molecular weight is 379 g/mol. The molecule has 2 rings (SSSR count). The molecule has 0 aromatic carbocycles. The molecule has 0 radical (unpaired) electrons. The van der Waals surface area contributed by atoms with Crippen LogP contribution in [0.3, 0.4) is 0 Å². The van der Waals surface area contributed by atoms with Crippen LogP contribution in [0.15, 0.2) is 17.1 Å². The molecular weight excluding hydrogens is 361 g/mol. The summed E-state index contributed by atoms with van der Waals surface area (Å²) in [6, 6.07) is 1.29. The average Bonchev–Trinajstić information content (AvgIpc) is 2.81. The molecule has 12 nitrogen and oxygen atoms in total. The van der Waals surface area contributed by atoms with Crippen LogP contribution in [0.5, 0.6) is 0 Å². The van der Waals surface area contributed by atoms with Gasteiger partial charge in [-0.15, -0.1) is 0 Å². The van der Waals surface area contributed by atoms with E-state index in [0.717, 1.165) is 4.57 Å². The van der Waals surface area contributed by atoms with Crippen molar-refractivity contribution in [2.75, 3.05) is 18.9 Å². The topological polar surface area (TPSA) is 183 Å². The Kier molecular flexibility index (Phi) is 5.93. The Labute approximate surface area is 141 Å². The molecular formula is C12H18N3O9P. The first kappa shape index (κ1) is 19.5. The minimum Gasteiger partial charge on any atom is -0.457 e. The lowest BCUT2D eigenvalue weighted by atomic mass is 10.1. The smallest absolute Gasteiger partial charge is 0.435 e. The monoisotopic (exact) mass is 379 g/mol. The summed E-state index contributed by atoms with van der Waals surface area (Å²) in [5.41, 5.74) is 3.10. The molecule has 0 amide bonds. The maximum absolute atomic E-state index is 11.8. The van der Waals surface area contributed by atoms with Crippen LogP contribution in [0, 0.1) is 0 Å². The van der Waals surface area contributed by atoms with Gasteiger partial charge in [0.1, 0.15) is 24.1 Å². The summed E-state index contributed by atoms with van der Waals surface area (Å²) in [6.07, 6.45) is -4.47. The van der Waals surface area contributed by atoms with Crippen LogP contribution >= 0.6 is 7.60 Å². The molecule has 13 heteroatoms. The van der Waals surface area contributed by atoms with E-state index in [9.17, 15) is 29.3 Å². The summed E-state index contributed by atoms with van der Waals surface area (Å²) in [6.45, 7) is 0.628. The van der Waals surface area contributed by atoms with Crippen LogP contribution in [-0.2, 0) is 18.6 Å². The van der Waals surface area contributed by atoms with Gasteiger partial charge < -0.3 is 30.3 Å². The number of hydrogen-bond acceptors (Lipinski definition) is 10. The number of hydrogen-bond donors (Lipinski definition) is 4. The van der Waals surface area contributed by atoms with Crippen LogP contribution < -0.4 is 11.4 Å². The molecule has 0 bridgehead atoms. The number of aliphatic hydroxyl groups excluding tert-OH is 2. The highest BCUT2D eigenvalue weighted by molar-refractivity contribution is 7.70. The Morgan fingerprint density at radius 2 is 2.16 bits per heavy atom. The Bertz CT molecular complexity index is 739. The predicted molar refractivity (Wildman–Crippen MR) is 81.6 cm³/mol. The first-order valence-corrected chi connectivity index (χ1v) is 8.76. The lowest BCUT2D eigenvalue weighted by Gasteiger charge is -2.17. The third-order valence-corrected chi connectivity index (χ3v) is 4.46. The second-order valence-electron chi connectivity index (χ2n) is 5.10. The number of nitrogens with zero attached hydrogens (tertiary/aromatic N) is 2. The fourth-order valence-corrected chi connectivity index (χ4v) is 2.90. The summed E-state index contributed by atoms with van der Waals surface area (Å²) in [5.74, 6) is -0.0372. The van der Waals surface area contributed by atoms with Gasteiger partial charge in [0, 0.05) is 6.20 Å². The van der Waals surface area contributed by atoms with Crippen LogP contribution in [-0.4, -0.2) is 61.9 Å². The number of aliphatic hydroxyl groups is 2. The van der Waals surface area contributed by atoms with Gasteiger partial charge in [0.25, 0.3) is 0 Å². The maximum Gasteiger partial charge on any atom is 0.435 e. The number of ether oxygens (including phenoxy) is 2. The van der Waals surface area contributed by atoms with E-state index in [0.29, 0.717) is 0 Å². The molecule has 1 aromatic heterocycles. The summed E-state index contributed by atoms with van der Waals surface area (Å²) in [5, 5.41) is 20.0. The normalized spacial score (nSPS) is 28.5. The molecule has 1 saturated heterocycles. The Morgan fingerprint density at radius 1 is 1.48 bits per heavy atom. The van der Waals surface area contributed by atoms with Crippen molar-refractivity contribution in [2.24, 2.45) is 0 Å². The molecule has 2 heterocycles. The van der Waals surface area contributed by atoms with Crippen LogP contribution in [0.2, 0.25) is 0 Å². The van der Waals surface area contributed by atoms with E-state index < -0.39 is 50.1 Å². The molecule has 0 saturated carbocycles. The molecule has 1 aliphatic heterocycles. The zero-order valence-corrected chi connectivity index (χ0v) is 14.0. The van der Waals surface area contributed by atoms with Gasteiger partial charge in [0.2, 0.25) is 0 Å². The van der Waals surface area contributed by atoms with E-state index in [1.165, 1.54) is 19.2 Å². The minimum atomic E-state index is -4.74. The standard InChI is InChI=1S/C12H18N3O9P/c1-2-22-12(19)25(20,21)23-5-6-8(16)9(17)10(24-6)15-4-3-7(13)14-11(15)18/h3-4,6,8-10,16-17H,2,5H2,1H3,(H,20,21)(H2,13,14,18)/t6-,8-,9-,10-/m1/s1. The van der Waals surface area contributed by atoms with E-state index in [2.05, 4.69) is 14.2 Å². The van der Waals surface area contributed by atoms with Gasteiger partial charge in [-0.25, -0.2) is 14.2 Å². The highest BCUT2D eigenvalue weighted by Gasteiger charge is 2.46. The van der Waals surface area contributed by atoms with Crippen molar-refractivity contribution in [1.82, 2.24) is 9.55 Å². The highest BCUT2D eigenvalue weighted by Crippen LogP contribution is 2.45. The van der Waals surface area contributed by atoms with Crippen LogP contribution in [0.1, 0.15) is 13.2 Å². The number of nitrogens with two attached hydrogens (primary N) is 1. The van der Waals surface area contributed by atoms with Crippen molar-refractivity contribution in [3.05, 3.63) is 22.7 Å². The molecule has 25 heavy (non-hydrogen) atoms. The van der Waals surface area contributed by atoms with Crippen LogP contribution in [0.4, 0.5) is 10.6 Å². The molecule has 5 N–H and O–H groups in total. The van der Waals surface area contributed by atoms with E-state index in [-0.39, 0.29) is 12.4 Å². The number of aromatic nitrogens is 2. The molecule has 0 aliphatic carbocycles. The van der Waals surface area contributed by atoms with Crippen molar-refractivity contribution in [3.63, 3.8) is 0 Å². The fraction of sp³-hybridized carbons (Fsp3) is 0.583. The molecule has 1 fully saturated rings. The van der Waals surface area contributed by atoms with Gasteiger partial charge in [-0.2, -0.15) is 4.98 Å².